The minimum absolute atomic E-state index is 0.157. The first-order chi connectivity index (χ1) is 10.7. The number of aromatic nitrogens is 2. The SMILES string of the molecule is COC(=O)c1cc2cn(C3CCOCC3)nc2cc1CC#N. The molecule has 22 heavy (non-hydrogen) atoms. The summed E-state index contributed by atoms with van der Waals surface area (Å²) in [6.07, 6.45) is 3.98. The van der Waals surface area contributed by atoms with Crippen molar-refractivity contribution in [3.8, 4) is 6.07 Å². The Morgan fingerprint density at radius 1 is 1.50 bits per heavy atom. The third-order valence-electron chi connectivity index (χ3n) is 3.99. The molecule has 0 radical (unpaired) electrons. The van der Waals surface area contributed by atoms with E-state index in [9.17, 15) is 4.79 Å². The number of rotatable bonds is 3. The van der Waals surface area contributed by atoms with Gasteiger partial charge in [0, 0.05) is 24.8 Å². The molecule has 3 rings (SSSR count). The van der Waals surface area contributed by atoms with E-state index in [0.717, 1.165) is 37.0 Å². The maximum absolute atomic E-state index is 11.9. The number of hydrogen-bond donors (Lipinski definition) is 0. The van der Waals surface area contributed by atoms with Crippen LogP contribution in [0.3, 0.4) is 0 Å². The zero-order valence-electron chi connectivity index (χ0n) is 12.4. The van der Waals surface area contributed by atoms with Crippen molar-refractivity contribution < 1.29 is 14.3 Å². The standard InChI is InChI=1S/C16H17N3O3/c1-21-16(20)14-8-12-10-19(13-3-6-22-7-4-13)18-15(12)9-11(14)2-5-17/h8-10,13H,2-4,6-7H2,1H3. The van der Waals surface area contributed by atoms with Gasteiger partial charge in [0.05, 0.1) is 36.7 Å². The number of methoxy groups -OCH3 is 1. The molecule has 0 N–H and O–H groups in total. The summed E-state index contributed by atoms with van der Waals surface area (Å²) < 4.78 is 12.1. The molecule has 0 atom stereocenters. The second kappa shape index (κ2) is 6.16. The lowest BCUT2D eigenvalue weighted by Crippen LogP contribution is -2.19. The number of carbonyl (C=O) groups is 1. The molecule has 2 heterocycles. The highest BCUT2D eigenvalue weighted by molar-refractivity contribution is 5.96. The topological polar surface area (TPSA) is 77.1 Å². The van der Waals surface area contributed by atoms with Crippen molar-refractivity contribution in [3.05, 3.63) is 29.5 Å². The Balaban J connectivity index is 2.03. The highest BCUT2D eigenvalue weighted by Gasteiger charge is 2.19. The molecule has 114 valence electrons. The Kier molecular flexibility index (Phi) is 4.07. The predicted molar refractivity (Wildman–Crippen MR) is 79.5 cm³/mol. The quantitative estimate of drug-likeness (QED) is 0.812. The molecule has 1 saturated heterocycles. The largest absolute Gasteiger partial charge is 0.465 e. The third kappa shape index (κ3) is 2.68. The van der Waals surface area contributed by atoms with Crippen molar-refractivity contribution in [2.45, 2.75) is 25.3 Å². The van der Waals surface area contributed by atoms with Crippen molar-refractivity contribution in [3.63, 3.8) is 0 Å². The highest BCUT2D eigenvalue weighted by atomic mass is 16.5. The summed E-state index contributed by atoms with van der Waals surface area (Å²) in [7, 11) is 1.34. The first-order valence-electron chi connectivity index (χ1n) is 7.27. The summed E-state index contributed by atoms with van der Waals surface area (Å²) in [5, 5.41) is 14.4. The fourth-order valence-corrected chi connectivity index (χ4v) is 2.80. The van der Waals surface area contributed by atoms with Crippen LogP contribution in [0.4, 0.5) is 0 Å². The van der Waals surface area contributed by atoms with Crippen LogP contribution in [-0.2, 0) is 15.9 Å². The molecule has 1 aliphatic heterocycles. The van der Waals surface area contributed by atoms with E-state index in [-0.39, 0.29) is 6.42 Å². The van der Waals surface area contributed by atoms with Gasteiger partial charge in [-0.25, -0.2) is 4.79 Å². The first-order valence-corrected chi connectivity index (χ1v) is 7.27. The predicted octanol–water partition coefficient (Wildman–Crippen LogP) is 2.24. The van der Waals surface area contributed by atoms with Gasteiger partial charge in [-0.3, -0.25) is 4.68 Å². The number of nitriles is 1. The minimum Gasteiger partial charge on any atom is -0.465 e. The summed E-state index contributed by atoms with van der Waals surface area (Å²) in [5.74, 6) is -0.425. The maximum atomic E-state index is 11.9. The van der Waals surface area contributed by atoms with E-state index in [2.05, 4.69) is 11.2 Å². The number of fused-ring (bicyclic) bond motifs is 1. The average Bonchev–Trinajstić information content (AvgIpc) is 2.97. The van der Waals surface area contributed by atoms with Crippen molar-refractivity contribution in [1.82, 2.24) is 9.78 Å². The van der Waals surface area contributed by atoms with Gasteiger partial charge in [-0.15, -0.1) is 0 Å². The Bertz CT molecular complexity index is 739. The van der Waals surface area contributed by atoms with Crippen molar-refractivity contribution in [1.29, 1.82) is 5.26 Å². The summed E-state index contributed by atoms with van der Waals surface area (Å²) in [4.78, 5) is 11.9. The molecule has 1 aromatic heterocycles. The highest BCUT2D eigenvalue weighted by Crippen LogP contribution is 2.25. The van der Waals surface area contributed by atoms with Crippen LogP contribution >= 0.6 is 0 Å². The zero-order valence-corrected chi connectivity index (χ0v) is 12.4. The summed E-state index contributed by atoms with van der Waals surface area (Å²) in [6, 6.07) is 5.97. The fraction of sp³-hybridized carbons (Fsp3) is 0.438. The number of carbonyl (C=O) groups excluding carboxylic acids is 1. The lowest BCUT2D eigenvalue weighted by atomic mass is 10.0. The molecular formula is C16H17N3O3. The molecule has 0 unspecified atom stereocenters. The number of esters is 1. The van der Waals surface area contributed by atoms with E-state index in [1.807, 2.05) is 10.9 Å². The van der Waals surface area contributed by atoms with Crippen molar-refractivity contribution >= 4 is 16.9 Å². The van der Waals surface area contributed by atoms with Crippen LogP contribution < -0.4 is 0 Å². The van der Waals surface area contributed by atoms with Gasteiger partial charge < -0.3 is 9.47 Å². The second-order valence-electron chi connectivity index (χ2n) is 5.35. The fourth-order valence-electron chi connectivity index (χ4n) is 2.80. The third-order valence-corrected chi connectivity index (χ3v) is 3.99. The van der Waals surface area contributed by atoms with E-state index >= 15 is 0 Å². The van der Waals surface area contributed by atoms with Crippen LogP contribution in [0.5, 0.6) is 0 Å². The van der Waals surface area contributed by atoms with Crippen LogP contribution in [0.2, 0.25) is 0 Å². The average molecular weight is 299 g/mol. The molecule has 6 heteroatoms. The number of benzene rings is 1. The number of nitrogens with zero attached hydrogens (tertiary/aromatic N) is 3. The number of hydrogen-bond acceptors (Lipinski definition) is 5. The molecule has 0 spiro atoms. The van der Waals surface area contributed by atoms with E-state index in [1.54, 1.807) is 12.1 Å². The van der Waals surface area contributed by atoms with Gasteiger partial charge >= 0.3 is 5.97 Å². The zero-order chi connectivity index (χ0) is 15.5. The smallest absolute Gasteiger partial charge is 0.338 e. The number of ether oxygens (including phenoxy) is 2. The molecule has 0 saturated carbocycles. The Morgan fingerprint density at radius 3 is 2.95 bits per heavy atom. The molecule has 0 aliphatic carbocycles. The lowest BCUT2D eigenvalue weighted by Gasteiger charge is -2.22. The maximum Gasteiger partial charge on any atom is 0.338 e. The van der Waals surface area contributed by atoms with Gasteiger partial charge in [-0.2, -0.15) is 10.4 Å². The van der Waals surface area contributed by atoms with Gasteiger partial charge in [0.1, 0.15) is 0 Å². The van der Waals surface area contributed by atoms with Crippen LogP contribution in [0.25, 0.3) is 10.9 Å². The molecule has 6 nitrogen and oxygen atoms in total. The molecule has 0 amide bonds. The van der Waals surface area contributed by atoms with E-state index in [1.165, 1.54) is 7.11 Å². The molecule has 1 aromatic carbocycles. The Labute approximate surface area is 128 Å². The van der Waals surface area contributed by atoms with Gasteiger partial charge in [-0.05, 0) is 30.5 Å². The van der Waals surface area contributed by atoms with Gasteiger partial charge in [0.25, 0.3) is 0 Å². The summed E-state index contributed by atoms with van der Waals surface area (Å²) >= 11 is 0. The molecular weight excluding hydrogens is 282 g/mol. The van der Waals surface area contributed by atoms with Gasteiger partial charge in [-0.1, -0.05) is 0 Å². The molecule has 2 aromatic rings. The van der Waals surface area contributed by atoms with Crippen molar-refractivity contribution in [2.75, 3.05) is 20.3 Å². The Hall–Kier alpha value is -2.39. The molecule has 1 aliphatic rings. The van der Waals surface area contributed by atoms with Crippen LogP contribution in [0, 0.1) is 11.3 Å². The summed E-state index contributed by atoms with van der Waals surface area (Å²) in [6.45, 7) is 1.49. The normalized spacial score (nSPS) is 15.6. The minimum atomic E-state index is -0.425. The van der Waals surface area contributed by atoms with Crippen LogP contribution in [0.1, 0.15) is 34.8 Å². The Morgan fingerprint density at radius 2 is 2.27 bits per heavy atom. The van der Waals surface area contributed by atoms with Crippen LogP contribution in [-0.4, -0.2) is 36.1 Å². The van der Waals surface area contributed by atoms with Gasteiger partial charge in [0.2, 0.25) is 0 Å². The van der Waals surface area contributed by atoms with E-state index < -0.39 is 5.97 Å². The van der Waals surface area contributed by atoms with Crippen molar-refractivity contribution in [2.24, 2.45) is 0 Å². The first kappa shape index (κ1) is 14.5. The molecule has 0 bridgehead atoms. The molecule has 1 fully saturated rings. The second-order valence-corrected chi connectivity index (χ2v) is 5.35. The summed E-state index contributed by atoms with van der Waals surface area (Å²) in [5.41, 5.74) is 1.88. The van der Waals surface area contributed by atoms with Crippen LogP contribution in [0.15, 0.2) is 18.3 Å². The lowest BCUT2D eigenvalue weighted by molar-refractivity contribution is 0.0600. The van der Waals surface area contributed by atoms with Gasteiger partial charge in [0.15, 0.2) is 0 Å². The van der Waals surface area contributed by atoms with E-state index in [0.29, 0.717) is 17.2 Å². The monoisotopic (exact) mass is 299 g/mol. The van der Waals surface area contributed by atoms with E-state index in [4.69, 9.17) is 14.7 Å².